The highest BCUT2D eigenvalue weighted by atomic mass is 32.2. The quantitative estimate of drug-likeness (QED) is 0.873. The van der Waals surface area contributed by atoms with E-state index in [1.165, 1.54) is 6.26 Å². The fraction of sp³-hybridized carbons (Fsp3) is 0.800. The third-order valence-corrected chi connectivity index (χ3v) is 6.04. The normalized spacial score (nSPS) is 24.9. The molecule has 21 heavy (non-hydrogen) atoms. The van der Waals surface area contributed by atoms with E-state index in [1.54, 1.807) is 0 Å². The molecule has 0 saturated heterocycles. The largest absolute Gasteiger partial charge is 0.340 e. The van der Waals surface area contributed by atoms with Crippen LogP contribution in [0.3, 0.4) is 0 Å². The van der Waals surface area contributed by atoms with Crippen molar-refractivity contribution in [2.45, 2.75) is 50.3 Å². The molecule has 6 heteroatoms. The predicted octanol–water partition coefficient (Wildman–Crippen LogP) is 2.06. The van der Waals surface area contributed by atoms with Gasteiger partial charge in [0.25, 0.3) is 0 Å². The van der Waals surface area contributed by atoms with Crippen molar-refractivity contribution in [2.24, 2.45) is 13.0 Å². The highest BCUT2D eigenvalue weighted by Gasteiger charge is 2.34. The zero-order chi connectivity index (χ0) is 15.5. The minimum atomic E-state index is -2.94. The number of nitrogens with zero attached hydrogens (tertiary/aromatic N) is 2. The zero-order valence-electron chi connectivity index (χ0n) is 13.2. The first-order chi connectivity index (χ1) is 9.91. The SMILES string of the molecule is CCCNC(c1cn(C)cn1)C1CCCC(S(C)(=O)=O)C1. The number of nitrogens with one attached hydrogen (secondary N) is 1. The van der Waals surface area contributed by atoms with E-state index in [9.17, 15) is 8.42 Å². The molecule has 3 atom stereocenters. The minimum Gasteiger partial charge on any atom is -0.340 e. The molecule has 2 rings (SSSR count). The summed E-state index contributed by atoms with van der Waals surface area (Å²) in [6, 6.07) is 0.163. The molecule has 1 saturated carbocycles. The maximum Gasteiger partial charge on any atom is 0.150 e. The van der Waals surface area contributed by atoms with Gasteiger partial charge in [-0.25, -0.2) is 13.4 Å². The van der Waals surface area contributed by atoms with Crippen molar-refractivity contribution in [1.82, 2.24) is 14.9 Å². The number of hydrogen-bond acceptors (Lipinski definition) is 4. The van der Waals surface area contributed by atoms with Crippen LogP contribution in [0.15, 0.2) is 12.5 Å². The van der Waals surface area contributed by atoms with Crippen LogP contribution in [0.1, 0.15) is 50.8 Å². The molecule has 0 aromatic carbocycles. The Bertz CT molecular complexity index is 553. The number of hydrogen-bond donors (Lipinski definition) is 1. The highest BCUT2D eigenvalue weighted by Crippen LogP contribution is 2.36. The van der Waals surface area contributed by atoms with Crippen LogP contribution < -0.4 is 5.32 Å². The molecule has 0 aliphatic heterocycles. The monoisotopic (exact) mass is 313 g/mol. The van der Waals surface area contributed by atoms with Gasteiger partial charge in [-0.05, 0) is 38.1 Å². The van der Waals surface area contributed by atoms with Gasteiger partial charge in [0.15, 0.2) is 0 Å². The standard InChI is InChI=1S/C15H27N3O2S/c1-4-8-16-15(14-10-18(2)11-17-14)12-6-5-7-13(9-12)21(3,19)20/h10-13,15-16H,4-9H2,1-3H3. The van der Waals surface area contributed by atoms with Gasteiger partial charge < -0.3 is 9.88 Å². The van der Waals surface area contributed by atoms with Crippen LogP contribution >= 0.6 is 0 Å². The van der Waals surface area contributed by atoms with Gasteiger partial charge in [0.1, 0.15) is 9.84 Å². The smallest absolute Gasteiger partial charge is 0.150 e. The fourth-order valence-corrected chi connectivity index (χ4v) is 4.47. The third kappa shape index (κ3) is 4.30. The average Bonchev–Trinajstić information content (AvgIpc) is 2.85. The summed E-state index contributed by atoms with van der Waals surface area (Å²) in [7, 11) is -0.977. The van der Waals surface area contributed by atoms with Crippen molar-refractivity contribution in [2.75, 3.05) is 12.8 Å². The molecule has 0 spiro atoms. The van der Waals surface area contributed by atoms with Crippen LogP contribution in [0, 0.1) is 5.92 Å². The Labute approximate surface area is 128 Å². The summed E-state index contributed by atoms with van der Waals surface area (Å²) in [6.07, 6.45) is 9.89. The Morgan fingerprint density at radius 1 is 1.48 bits per heavy atom. The van der Waals surface area contributed by atoms with Crippen molar-refractivity contribution < 1.29 is 8.42 Å². The Hall–Kier alpha value is -0.880. The molecular weight excluding hydrogens is 286 g/mol. The first-order valence-corrected chi connectivity index (χ1v) is 9.77. The molecule has 120 valence electrons. The van der Waals surface area contributed by atoms with Crippen molar-refractivity contribution in [3.05, 3.63) is 18.2 Å². The van der Waals surface area contributed by atoms with Gasteiger partial charge in [0.05, 0.1) is 23.3 Å². The van der Waals surface area contributed by atoms with E-state index in [2.05, 4.69) is 17.2 Å². The second-order valence-electron chi connectivity index (χ2n) is 6.27. The fourth-order valence-electron chi connectivity index (χ4n) is 3.28. The molecule has 1 heterocycles. The van der Waals surface area contributed by atoms with Gasteiger partial charge in [-0.1, -0.05) is 13.3 Å². The summed E-state index contributed by atoms with van der Waals surface area (Å²) in [4.78, 5) is 4.48. The van der Waals surface area contributed by atoms with Crippen molar-refractivity contribution >= 4 is 9.84 Å². The first-order valence-electron chi connectivity index (χ1n) is 7.82. The summed E-state index contributed by atoms with van der Waals surface area (Å²) in [5.41, 5.74) is 1.03. The molecule has 1 aromatic rings. The molecular formula is C15H27N3O2S. The lowest BCUT2D eigenvalue weighted by Gasteiger charge is -2.33. The summed E-state index contributed by atoms with van der Waals surface area (Å²) < 4.78 is 25.7. The molecule has 0 radical (unpaired) electrons. The zero-order valence-corrected chi connectivity index (χ0v) is 14.1. The maximum absolute atomic E-state index is 11.9. The van der Waals surface area contributed by atoms with Gasteiger partial charge in [0.2, 0.25) is 0 Å². The number of aryl methyl sites for hydroxylation is 1. The Balaban J connectivity index is 2.16. The number of rotatable bonds is 6. The third-order valence-electron chi connectivity index (χ3n) is 4.40. The molecule has 0 bridgehead atoms. The van der Waals surface area contributed by atoms with E-state index in [0.717, 1.165) is 44.3 Å². The van der Waals surface area contributed by atoms with Crippen molar-refractivity contribution in [1.29, 1.82) is 0 Å². The van der Waals surface area contributed by atoms with Gasteiger partial charge in [-0.3, -0.25) is 0 Å². The maximum atomic E-state index is 11.9. The van der Waals surface area contributed by atoms with Gasteiger partial charge in [-0.15, -0.1) is 0 Å². The molecule has 1 aliphatic carbocycles. The van der Waals surface area contributed by atoms with Crippen molar-refractivity contribution in [3.8, 4) is 0 Å². The minimum absolute atomic E-state index is 0.163. The van der Waals surface area contributed by atoms with E-state index < -0.39 is 9.84 Å². The summed E-state index contributed by atoms with van der Waals surface area (Å²) in [6.45, 7) is 3.07. The second kappa shape index (κ2) is 6.92. The van der Waals surface area contributed by atoms with Crippen LogP contribution in [-0.4, -0.2) is 36.0 Å². The lowest BCUT2D eigenvalue weighted by Crippen LogP contribution is -2.36. The van der Waals surface area contributed by atoms with Gasteiger partial charge in [0, 0.05) is 19.5 Å². The van der Waals surface area contributed by atoms with Crippen LogP contribution in [0.4, 0.5) is 0 Å². The second-order valence-corrected chi connectivity index (χ2v) is 8.60. The number of imidazole rings is 1. The lowest BCUT2D eigenvalue weighted by molar-refractivity contribution is 0.269. The Morgan fingerprint density at radius 2 is 2.24 bits per heavy atom. The highest BCUT2D eigenvalue weighted by molar-refractivity contribution is 7.91. The summed E-state index contributed by atoms with van der Waals surface area (Å²) in [5, 5.41) is 3.38. The van der Waals surface area contributed by atoms with Crippen molar-refractivity contribution in [3.63, 3.8) is 0 Å². The molecule has 1 aliphatic rings. The molecule has 3 unspecified atom stereocenters. The molecule has 1 aromatic heterocycles. The van der Waals surface area contributed by atoms with Crippen LogP contribution in [0.25, 0.3) is 0 Å². The Morgan fingerprint density at radius 3 is 2.81 bits per heavy atom. The number of aromatic nitrogens is 2. The van der Waals surface area contributed by atoms with E-state index in [0.29, 0.717) is 5.92 Å². The van der Waals surface area contributed by atoms with Crippen LogP contribution in [0.5, 0.6) is 0 Å². The molecule has 0 amide bonds. The average molecular weight is 313 g/mol. The van der Waals surface area contributed by atoms with Crippen LogP contribution in [-0.2, 0) is 16.9 Å². The van der Waals surface area contributed by atoms with Crippen LogP contribution in [0.2, 0.25) is 0 Å². The first kappa shape index (κ1) is 16.5. The topological polar surface area (TPSA) is 64.0 Å². The summed E-state index contributed by atoms with van der Waals surface area (Å²) in [5.74, 6) is 0.347. The predicted molar refractivity (Wildman–Crippen MR) is 84.8 cm³/mol. The lowest BCUT2D eigenvalue weighted by atomic mass is 9.82. The van der Waals surface area contributed by atoms with E-state index in [-0.39, 0.29) is 11.3 Å². The van der Waals surface area contributed by atoms with E-state index in [4.69, 9.17) is 0 Å². The van der Waals surface area contributed by atoms with E-state index >= 15 is 0 Å². The van der Waals surface area contributed by atoms with Gasteiger partial charge in [-0.2, -0.15) is 0 Å². The molecule has 5 nitrogen and oxygen atoms in total. The Kier molecular flexibility index (Phi) is 5.43. The van der Waals surface area contributed by atoms with Gasteiger partial charge >= 0.3 is 0 Å². The summed E-state index contributed by atoms with van der Waals surface area (Å²) >= 11 is 0. The number of sulfone groups is 1. The van der Waals surface area contributed by atoms with E-state index in [1.807, 2.05) is 24.1 Å². The molecule has 1 fully saturated rings. The molecule has 1 N–H and O–H groups in total.